The van der Waals surface area contributed by atoms with Crippen LogP contribution in [0.4, 0.5) is 0 Å². The van der Waals surface area contributed by atoms with E-state index in [1.807, 2.05) is 30.5 Å². The number of nitrogens with zero attached hydrogens (tertiary/aromatic N) is 4. The molecule has 45 heavy (non-hydrogen) atoms. The molecule has 5 heterocycles. The monoisotopic (exact) mass is 611 g/mol. The molecule has 2 bridgehead atoms. The summed E-state index contributed by atoms with van der Waals surface area (Å²) < 4.78 is 7.12. The van der Waals surface area contributed by atoms with Gasteiger partial charge in [0, 0.05) is 36.3 Å². The average molecular weight is 612 g/mol. The van der Waals surface area contributed by atoms with Gasteiger partial charge in [-0.05, 0) is 56.9 Å². The molecule has 5 N–H and O–H groups in total. The molecule has 1 aromatic carbocycles. The number of aromatic amines is 1. The summed E-state index contributed by atoms with van der Waals surface area (Å²) >= 11 is 0. The third-order valence-corrected chi connectivity index (χ3v) is 7.83. The molecule has 6 rings (SSSR count). The van der Waals surface area contributed by atoms with Crippen molar-refractivity contribution < 1.29 is 23.6 Å². The van der Waals surface area contributed by atoms with Crippen LogP contribution in [0.1, 0.15) is 70.4 Å². The average Bonchev–Trinajstić information content (AvgIpc) is 3.76. The molecule has 1 aliphatic rings. The normalized spacial score (nSPS) is 20.0. The minimum atomic E-state index is -1.01. The summed E-state index contributed by atoms with van der Waals surface area (Å²) in [4.78, 5) is 65.5. The predicted molar refractivity (Wildman–Crippen MR) is 162 cm³/mol. The Bertz CT molecular complexity index is 1890. The molecule has 4 amide bonds. The maximum absolute atomic E-state index is 13.9. The summed E-state index contributed by atoms with van der Waals surface area (Å²) in [5.74, 6) is -1.44. The number of benzene rings is 1. The lowest BCUT2D eigenvalue weighted by molar-refractivity contribution is -0.130. The Morgan fingerprint density at radius 1 is 1.09 bits per heavy atom. The third-order valence-electron chi connectivity index (χ3n) is 7.83. The molecule has 14 heteroatoms. The first-order valence-corrected chi connectivity index (χ1v) is 14.8. The van der Waals surface area contributed by atoms with Gasteiger partial charge in [-0.3, -0.25) is 19.2 Å². The van der Waals surface area contributed by atoms with Crippen molar-refractivity contribution in [3.05, 3.63) is 83.6 Å². The highest BCUT2D eigenvalue weighted by molar-refractivity contribution is 5.98. The summed E-state index contributed by atoms with van der Waals surface area (Å²) in [6.07, 6.45) is 6.18. The maximum atomic E-state index is 13.9. The standard InChI is InChI=1S/C31H33N9O5/c1-17-31-39-26(18(2)45-31)30(44)32-12-6-5-10-22(37-29(43)24-16-34-25-11-7-13-35-40(24)25)27(41)38-23(28(42)36-17)14-19-15-33-21-9-4-3-8-20(19)21/h3-4,7-9,11,13,15-17,22-23,33H,5-6,10,12,14H2,1-2H3,(H,32,44)(H,36,42)(H,37,43)(H,38,41)/t17-,22+,23-/m1/s1. The van der Waals surface area contributed by atoms with Gasteiger partial charge in [-0.15, -0.1) is 0 Å². The quantitative estimate of drug-likeness (QED) is 0.204. The van der Waals surface area contributed by atoms with Gasteiger partial charge < -0.3 is 30.7 Å². The molecule has 5 aromatic rings. The van der Waals surface area contributed by atoms with Crippen molar-refractivity contribution >= 4 is 40.2 Å². The number of carbonyl (C=O) groups excluding carboxylic acids is 4. The first-order valence-electron chi connectivity index (χ1n) is 14.8. The van der Waals surface area contributed by atoms with Crippen LogP contribution < -0.4 is 21.3 Å². The summed E-state index contributed by atoms with van der Waals surface area (Å²) in [5.41, 5.74) is 2.52. The minimum Gasteiger partial charge on any atom is -0.443 e. The summed E-state index contributed by atoms with van der Waals surface area (Å²) in [5, 5.41) is 16.5. The lowest BCUT2D eigenvalue weighted by Crippen LogP contribution is -2.54. The highest BCUT2D eigenvalue weighted by atomic mass is 16.4. The van der Waals surface area contributed by atoms with Gasteiger partial charge in [0.1, 0.15) is 29.6 Å². The largest absolute Gasteiger partial charge is 0.443 e. The van der Waals surface area contributed by atoms with Gasteiger partial charge >= 0.3 is 0 Å². The van der Waals surface area contributed by atoms with E-state index in [1.54, 1.807) is 26.0 Å². The molecule has 0 radical (unpaired) electrons. The zero-order valence-corrected chi connectivity index (χ0v) is 24.8. The van der Waals surface area contributed by atoms with Crippen LogP contribution in [0.5, 0.6) is 0 Å². The second-order valence-corrected chi connectivity index (χ2v) is 11.0. The van der Waals surface area contributed by atoms with E-state index in [2.05, 4.69) is 41.3 Å². The first kappa shape index (κ1) is 29.5. The first-order chi connectivity index (χ1) is 21.8. The van der Waals surface area contributed by atoms with Gasteiger partial charge in [0.05, 0.1) is 6.20 Å². The molecule has 0 fully saturated rings. The predicted octanol–water partition coefficient (Wildman–Crippen LogP) is 2.12. The van der Waals surface area contributed by atoms with Crippen molar-refractivity contribution in [1.29, 1.82) is 0 Å². The summed E-state index contributed by atoms with van der Waals surface area (Å²) in [6.45, 7) is 3.65. The van der Waals surface area contributed by atoms with Gasteiger partial charge in [-0.25, -0.2) is 14.5 Å². The van der Waals surface area contributed by atoms with Crippen LogP contribution in [0.3, 0.4) is 0 Å². The van der Waals surface area contributed by atoms with Crippen LogP contribution in [0.25, 0.3) is 16.6 Å². The number of carbonyl (C=O) groups is 4. The number of aryl methyl sites for hydroxylation is 1. The summed E-state index contributed by atoms with van der Waals surface area (Å²) in [6, 6.07) is 8.40. The minimum absolute atomic E-state index is 0.147. The molecular weight excluding hydrogens is 578 g/mol. The topological polar surface area (TPSA) is 188 Å². The van der Waals surface area contributed by atoms with E-state index < -0.39 is 41.8 Å². The fourth-order valence-electron chi connectivity index (χ4n) is 5.43. The van der Waals surface area contributed by atoms with Gasteiger partial charge in [-0.2, -0.15) is 5.10 Å². The Morgan fingerprint density at radius 3 is 2.80 bits per heavy atom. The van der Waals surface area contributed by atoms with Crippen LogP contribution in [0.15, 0.2) is 59.4 Å². The Morgan fingerprint density at radius 2 is 1.93 bits per heavy atom. The zero-order valence-electron chi connectivity index (χ0n) is 24.8. The van der Waals surface area contributed by atoms with Crippen LogP contribution in [0, 0.1) is 6.92 Å². The number of H-pyrrole nitrogens is 1. The fraction of sp³-hybridized carbons (Fsp3) is 0.323. The summed E-state index contributed by atoms with van der Waals surface area (Å²) in [7, 11) is 0. The lowest BCUT2D eigenvalue weighted by atomic mass is 10.0. The second kappa shape index (κ2) is 12.6. The third kappa shape index (κ3) is 6.25. The molecule has 232 valence electrons. The highest BCUT2D eigenvalue weighted by Gasteiger charge is 2.31. The van der Waals surface area contributed by atoms with E-state index in [0.717, 1.165) is 16.5 Å². The van der Waals surface area contributed by atoms with E-state index >= 15 is 0 Å². The molecule has 4 aromatic heterocycles. The van der Waals surface area contributed by atoms with E-state index in [4.69, 9.17) is 4.42 Å². The molecule has 0 saturated heterocycles. The van der Waals surface area contributed by atoms with Crippen LogP contribution >= 0.6 is 0 Å². The SMILES string of the molecule is Cc1oc2nc1C(=O)NCCCC[C@H](NC(=O)c1cnc3cccnn13)C(=O)N[C@H](Cc1c[nH]c3ccccc13)C(=O)N[C@@H]2C. The Labute approximate surface area is 257 Å². The second-order valence-electron chi connectivity index (χ2n) is 11.0. The molecule has 0 saturated carbocycles. The smallest absolute Gasteiger partial charge is 0.273 e. The molecule has 0 spiro atoms. The number of fused-ring (bicyclic) bond motifs is 4. The lowest BCUT2D eigenvalue weighted by Gasteiger charge is -2.24. The Hall–Kier alpha value is -5.53. The van der Waals surface area contributed by atoms with Gasteiger partial charge in [0.25, 0.3) is 11.8 Å². The number of nitrogens with one attached hydrogen (secondary N) is 5. The Kier molecular flexibility index (Phi) is 8.27. The van der Waals surface area contributed by atoms with Gasteiger partial charge in [-0.1, -0.05) is 18.2 Å². The van der Waals surface area contributed by atoms with E-state index in [0.29, 0.717) is 30.8 Å². The zero-order chi connectivity index (χ0) is 31.5. The van der Waals surface area contributed by atoms with Crippen molar-refractivity contribution in [2.75, 3.05) is 6.54 Å². The highest BCUT2D eigenvalue weighted by Crippen LogP contribution is 2.21. The fourth-order valence-corrected chi connectivity index (χ4v) is 5.43. The number of hydrogen-bond donors (Lipinski definition) is 5. The van der Waals surface area contributed by atoms with Crippen LogP contribution in [0.2, 0.25) is 0 Å². The number of imidazole rings is 1. The van der Waals surface area contributed by atoms with Crippen LogP contribution in [-0.4, -0.2) is 66.8 Å². The molecule has 0 aliphatic carbocycles. The number of para-hydroxylation sites is 1. The van der Waals surface area contributed by atoms with Crippen molar-refractivity contribution in [3.8, 4) is 0 Å². The molecule has 0 unspecified atom stereocenters. The number of amides is 4. The van der Waals surface area contributed by atoms with E-state index in [1.165, 1.54) is 16.9 Å². The number of aromatic nitrogens is 5. The molecule has 1 aliphatic heterocycles. The van der Waals surface area contributed by atoms with Gasteiger partial charge in [0.15, 0.2) is 11.3 Å². The maximum Gasteiger partial charge on any atom is 0.273 e. The number of hydrogen-bond acceptors (Lipinski definition) is 8. The number of oxazole rings is 1. The number of rotatable bonds is 4. The van der Waals surface area contributed by atoms with Crippen LogP contribution in [-0.2, 0) is 16.0 Å². The molecule has 3 atom stereocenters. The van der Waals surface area contributed by atoms with E-state index in [-0.39, 0.29) is 30.1 Å². The van der Waals surface area contributed by atoms with E-state index in [9.17, 15) is 19.2 Å². The Balaban J connectivity index is 1.30. The van der Waals surface area contributed by atoms with Crippen molar-refractivity contribution in [1.82, 2.24) is 45.8 Å². The van der Waals surface area contributed by atoms with Crippen molar-refractivity contribution in [3.63, 3.8) is 0 Å². The molecular formula is C31H33N9O5. The van der Waals surface area contributed by atoms with Gasteiger partial charge in [0.2, 0.25) is 17.7 Å². The van der Waals surface area contributed by atoms with Crippen molar-refractivity contribution in [2.45, 2.75) is 57.7 Å². The van der Waals surface area contributed by atoms with Crippen molar-refractivity contribution in [2.24, 2.45) is 0 Å². The molecule has 14 nitrogen and oxygen atoms in total.